The van der Waals surface area contributed by atoms with Gasteiger partial charge in [0.25, 0.3) is 0 Å². The average molecular weight is 265 g/mol. The summed E-state index contributed by atoms with van der Waals surface area (Å²) in [4.78, 5) is 33.2. The molecule has 7 heteroatoms. The van der Waals surface area contributed by atoms with Gasteiger partial charge < -0.3 is 20.7 Å². The molecule has 19 heavy (non-hydrogen) atoms. The fourth-order valence-corrected chi connectivity index (χ4v) is 1.28. The Hall–Kier alpha value is -2.57. The number of carbonyl (C=O) groups is 3. The third-order valence-corrected chi connectivity index (χ3v) is 2.06. The molecule has 0 aromatic heterocycles. The molecule has 3 amide bonds. The summed E-state index contributed by atoms with van der Waals surface area (Å²) in [6.07, 6.45) is 0. The van der Waals surface area contributed by atoms with E-state index in [2.05, 4.69) is 20.7 Å². The van der Waals surface area contributed by atoms with Gasteiger partial charge in [0.1, 0.15) is 6.54 Å². The van der Waals surface area contributed by atoms with Gasteiger partial charge in [-0.15, -0.1) is 0 Å². The number of ether oxygens (including phenoxy) is 1. The van der Waals surface area contributed by atoms with Crippen LogP contribution in [-0.4, -0.2) is 31.6 Å². The molecule has 0 heterocycles. The van der Waals surface area contributed by atoms with Crippen molar-refractivity contribution in [1.82, 2.24) is 5.32 Å². The monoisotopic (exact) mass is 265 g/mol. The lowest BCUT2D eigenvalue weighted by Gasteiger charge is -2.08. The van der Waals surface area contributed by atoms with Crippen molar-refractivity contribution >= 4 is 29.3 Å². The molecule has 0 spiro atoms. The van der Waals surface area contributed by atoms with E-state index in [1.165, 1.54) is 14.0 Å². The molecule has 0 aliphatic heterocycles. The van der Waals surface area contributed by atoms with Crippen molar-refractivity contribution in [3.05, 3.63) is 24.3 Å². The van der Waals surface area contributed by atoms with Crippen LogP contribution >= 0.6 is 0 Å². The van der Waals surface area contributed by atoms with Crippen molar-refractivity contribution in [3.8, 4) is 0 Å². The number of hydrogen-bond donors (Lipinski definition) is 3. The number of anilines is 2. The van der Waals surface area contributed by atoms with E-state index in [1.807, 2.05) is 0 Å². The highest BCUT2D eigenvalue weighted by molar-refractivity contribution is 5.93. The van der Waals surface area contributed by atoms with Crippen LogP contribution in [0.15, 0.2) is 24.3 Å². The van der Waals surface area contributed by atoms with E-state index < -0.39 is 12.0 Å². The quantitative estimate of drug-likeness (QED) is 0.706. The molecule has 3 N–H and O–H groups in total. The second-order valence-electron chi connectivity index (χ2n) is 3.65. The first kappa shape index (κ1) is 14.5. The lowest BCUT2D eigenvalue weighted by Crippen LogP contribution is -2.33. The summed E-state index contributed by atoms with van der Waals surface area (Å²) in [5, 5.41) is 7.45. The molecule has 0 radical (unpaired) electrons. The van der Waals surface area contributed by atoms with Crippen LogP contribution in [0.2, 0.25) is 0 Å². The molecule has 0 saturated carbocycles. The Kier molecular flexibility index (Phi) is 5.34. The zero-order valence-corrected chi connectivity index (χ0v) is 10.6. The molecule has 0 bridgehead atoms. The standard InChI is InChI=1S/C12H15N3O4/c1-8(16)14-9-4-3-5-10(6-9)15-12(18)13-7-11(17)19-2/h3-6H,7H2,1-2H3,(H,14,16)(H2,13,15,18). The summed E-state index contributed by atoms with van der Waals surface area (Å²) >= 11 is 0. The third kappa shape index (κ3) is 5.53. The Bertz CT molecular complexity index is 488. The zero-order chi connectivity index (χ0) is 14.3. The van der Waals surface area contributed by atoms with Gasteiger partial charge in [-0.2, -0.15) is 0 Å². The Morgan fingerprint density at radius 2 is 1.79 bits per heavy atom. The van der Waals surface area contributed by atoms with E-state index in [0.717, 1.165) is 0 Å². The first-order chi connectivity index (χ1) is 9.01. The highest BCUT2D eigenvalue weighted by atomic mass is 16.5. The summed E-state index contributed by atoms with van der Waals surface area (Å²) in [6.45, 7) is 1.18. The van der Waals surface area contributed by atoms with Crippen LogP contribution in [0, 0.1) is 0 Å². The largest absolute Gasteiger partial charge is 0.468 e. The van der Waals surface area contributed by atoms with Gasteiger partial charge in [-0.1, -0.05) is 6.07 Å². The molecule has 0 aliphatic rings. The maximum Gasteiger partial charge on any atom is 0.325 e. The second-order valence-corrected chi connectivity index (χ2v) is 3.65. The molecule has 0 aliphatic carbocycles. The smallest absolute Gasteiger partial charge is 0.325 e. The van der Waals surface area contributed by atoms with Gasteiger partial charge in [0.2, 0.25) is 5.91 Å². The Labute approximate surface area is 110 Å². The van der Waals surface area contributed by atoms with Crippen molar-refractivity contribution in [3.63, 3.8) is 0 Å². The molecular formula is C12H15N3O4. The Morgan fingerprint density at radius 1 is 1.16 bits per heavy atom. The average Bonchev–Trinajstić information content (AvgIpc) is 2.35. The van der Waals surface area contributed by atoms with E-state index in [0.29, 0.717) is 11.4 Å². The van der Waals surface area contributed by atoms with E-state index in [4.69, 9.17) is 0 Å². The van der Waals surface area contributed by atoms with Crippen LogP contribution in [-0.2, 0) is 14.3 Å². The fraction of sp³-hybridized carbons (Fsp3) is 0.250. The molecule has 0 unspecified atom stereocenters. The van der Waals surface area contributed by atoms with Crippen LogP contribution in [0.5, 0.6) is 0 Å². The highest BCUT2D eigenvalue weighted by Gasteiger charge is 2.05. The van der Waals surface area contributed by atoms with Crippen molar-refractivity contribution in [1.29, 1.82) is 0 Å². The lowest BCUT2D eigenvalue weighted by atomic mass is 10.3. The zero-order valence-electron chi connectivity index (χ0n) is 10.6. The number of carbonyl (C=O) groups excluding carboxylic acids is 3. The molecule has 1 aromatic rings. The van der Waals surface area contributed by atoms with Crippen molar-refractivity contribution < 1.29 is 19.1 Å². The summed E-state index contributed by atoms with van der Waals surface area (Å²) in [5.74, 6) is -0.741. The van der Waals surface area contributed by atoms with Gasteiger partial charge in [0.15, 0.2) is 0 Å². The van der Waals surface area contributed by atoms with Crippen molar-refractivity contribution in [2.24, 2.45) is 0 Å². The summed E-state index contributed by atoms with van der Waals surface area (Å²) in [6, 6.07) is 6.09. The van der Waals surface area contributed by atoms with Crippen LogP contribution < -0.4 is 16.0 Å². The number of amides is 3. The molecular weight excluding hydrogens is 250 g/mol. The summed E-state index contributed by atoms with van der Waals surface area (Å²) in [5.41, 5.74) is 1.06. The summed E-state index contributed by atoms with van der Waals surface area (Å²) < 4.78 is 4.38. The van der Waals surface area contributed by atoms with E-state index >= 15 is 0 Å². The molecule has 0 atom stereocenters. The van der Waals surface area contributed by atoms with E-state index in [-0.39, 0.29) is 12.5 Å². The number of benzene rings is 1. The topological polar surface area (TPSA) is 96.5 Å². The fourth-order valence-electron chi connectivity index (χ4n) is 1.28. The lowest BCUT2D eigenvalue weighted by molar-refractivity contribution is -0.139. The van der Waals surface area contributed by atoms with E-state index in [9.17, 15) is 14.4 Å². The molecule has 0 saturated heterocycles. The molecule has 1 aromatic carbocycles. The molecule has 7 nitrogen and oxygen atoms in total. The first-order valence-electron chi connectivity index (χ1n) is 5.50. The van der Waals surface area contributed by atoms with E-state index in [1.54, 1.807) is 24.3 Å². The van der Waals surface area contributed by atoms with Gasteiger partial charge in [-0.3, -0.25) is 9.59 Å². The maximum absolute atomic E-state index is 11.4. The minimum atomic E-state index is -0.540. The van der Waals surface area contributed by atoms with Crippen LogP contribution in [0.1, 0.15) is 6.92 Å². The SMILES string of the molecule is COC(=O)CNC(=O)Nc1cccc(NC(C)=O)c1. The molecule has 0 fully saturated rings. The highest BCUT2D eigenvalue weighted by Crippen LogP contribution is 2.14. The van der Waals surface area contributed by atoms with Crippen LogP contribution in [0.4, 0.5) is 16.2 Å². The predicted molar refractivity (Wildman–Crippen MR) is 69.8 cm³/mol. The number of nitrogens with one attached hydrogen (secondary N) is 3. The van der Waals surface area contributed by atoms with Gasteiger partial charge in [0, 0.05) is 18.3 Å². The van der Waals surface area contributed by atoms with Crippen molar-refractivity contribution in [2.75, 3.05) is 24.3 Å². The second kappa shape index (κ2) is 7.00. The van der Waals surface area contributed by atoms with Gasteiger partial charge in [-0.25, -0.2) is 4.79 Å². The minimum Gasteiger partial charge on any atom is -0.468 e. The Morgan fingerprint density at radius 3 is 2.37 bits per heavy atom. The Balaban J connectivity index is 2.54. The molecule has 102 valence electrons. The predicted octanol–water partition coefficient (Wildman–Crippen LogP) is 0.939. The number of hydrogen-bond acceptors (Lipinski definition) is 4. The minimum absolute atomic E-state index is 0.202. The van der Waals surface area contributed by atoms with Gasteiger partial charge in [-0.05, 0) is 18.2 Å². The normalized spacial score (nSPS) is 9.37. The number of esters is 1. The number of methoxy groups -OCH3 is 1. The van der Waals surface area contributed by atoms with Crippen molar-refractivity contribution in [2.45, 2.75) is 6.92 Å². The van der Waals surface area contributed by atoms with Gasteiger partial charge >= 0.3 is 12.0 Å². The van der Waals surface area contributed by atoms with Crippen LogP contribution in [0.25, 0.3) is 0 Å². The summed E-state index contributed by atoms with van der Waals surface area (Å²) in [7, 11) is 1.23. The third-order valence-electron chi connectivity index (χ3n) is 2.06. The number of urea groups is 1. The van der Waals surface area contributed by atoms with Gasteiger partial charge in [0.05, 0.1) is 7.11 Å². The number of rotatable bonds is 4. The first-order valence-corrected chi connectivity index (χ1v) is 5.50. The molecule has 1 rings (SSSR count). The maximum atomic E-state index is 11.4. The van der Waals surface area contributed by atoms with Crippen LogP contribution in [0.3, 0.4) is 0 Å².